The molecule has 1 atom stereocenters. The number of thiophene rings is 1. The van der Waals surface area contributed by atoms with Crippen LogP contribution in [0.1, 0.15) is 91.0 Å². The number of benzene rings is 1. The smallest absolute Gasteiger partial charge is 0.341 e. The Bertz CT molecular complexity index is 973. The summed E-state index contributed by atoms with van der Waals surface area (Å²) in [5.74, 6) is 0.451. The van der Waals surface area contributed by atoms with E-state index in [2.05, 4.69) is 33.0 Å². The molecule has 3 rings (SSSR count). The fourth-order valence-corrected chi connectivity index (χ4v) is 5.70. The highest BCUT2D eigenvalue weighted by Gasteiger charge is 2.34. The number of amides is 1. The zero-order chi connectivity index (χ0) is 24.0. The average Bonchev–Trinajstić information content (AvgIpc) is 3.15. The van der Waals surface area contributed by atoms with E-state index in [0.717, 1.165) is 37.7 Å². The number of carbonyl (C=O) groups excluding carboxylic acids is 2. The van der Waals surface area contributed by atoms with Gasteiger partial charge in [-0.3, -0.25) is 4.79 Å². The molecule has 1 aliphatic rings. The van der Waals surface area contributed by atoms with Crippen molar-refractivity contribution in [3.8, 4) is 5.75 Å². The second-order valence-electron chi connectivity index (χ2n) is 9.86. The fraction of sp³-hybridized carbons (Fsp3) is 0.556. The van der Waals surface area contributed by atoms with Gasteiger partial charge in [0.15, 0.2) is 0 Å². The molecule has 0 aliphatic heterocycles. The lowest BCUT2D eigenvalue weighted by Gasteiger charge is -2.33. The molecule has 1 N–H and O–H groups in total. The number of methoxy groups -OCH3 is 1. The molecule has 0 saturated heterocycles. The van der Waals surface area contributed by atoms with E-state index in [9.17, 15) is 9.59 Å². The van der Waals surface area contributed by atoms with Crippen LogP contribution in [-0.4, -0.2) is 25.6 Å². The van der Waals surface area contributed by atoms with E-state index < -0.39 is 5.97 Å². The Morgan fingerprint density at radius 2 is 1.91 bits per heavy atom. The number of esters is 1. The maximum atomic E-state index is 13.2. The first-order chi connectivity index (χ1) is 15.8. The van der Waals surface area contributed by atoms with Gasteiger partial charge in [0.2, 0.25) is 0 Å². The number of hydrogen-bond acceptors (Lipinski definition) is 5. The molecule has 1 aliphatic carbocycles. The number of fused-ring (bicyclic) bond motifs is 1. The van der Waals surface area contributed by atoms with Crippen LogP contribution in [0.15, 0.2) is 24.3 Å². The van der Waals surface area contributed by atoms with Gasteiger partial charge in [0.1, 0.15) is 10.8 Å². The van der Waals surface area contributed by atoms with E-state index in [1.165, 1.54) is 36.2 Å². The van der Waals surface area contributed by atoms with Gasteiger partial charge < -0.3 is 14.8 Å². The van der Waals surface area contributed by atoms with Crippen LogP contribution in [0.5, 0.6) is 5.75 Å². The summed E-state index contributed by atoms with van der Waals surface area (Å²) in [6.07, 6.45) is 7.20. The van der Waals surface area contributed by atoms with E-state index in [4.69, 9.17) is 9.47 Å². The van der Waals surface area contributed by atoms with Gasteiger partial charge in [0.05, 0.1) is 24.8 Å². The lowest BCUT2D eigenvalue weighted by molar-refractivity contribution is 0.0600. The second kappa shape index (κ2) is 11.2. The third-order valence-corrected chi connectivity index (χ3v) is 7.66. The summed E-state index contributed by atoms with van der Waals surface area (Å²) in [6.45, 7) is 9.55. The molecule has 33 heavy (non-hydrogen) atoms. The minimum Gasteiger partial charge on any atom is -0.493 e. The van der Waals surface area contributed by atoms with E-state index in [1.54, 1.807) is 6.07 Å². The van der Waals surface area contributed by atoms with Gasteiger partial charge in [0, 0.05) is 4.88 Å². The van der Waals surface area contributed by atoms with Gasteiger partial charge in [-0.1, -0.05) is 59.1 Å². The third-order valence-electron chi connectivity index (χ3n) is 6.49. The van der Waals surface area contributed by atoms with Crippen LogP contribution in [0.2, 0.25) is 0 Å². The second-order valence-corrected chi connectivity index (χ2v) is 11.0. The van der Waals surface area contributed by atoms with Crippen molar-refractivity contribution >= 4 is 28.2 Å². The highest BCUT2D eigenvalue weighted by Crippen LogP contribution is 2.44. The van der Waals surface area contributed by atoms with Gasteiger partial charge in [-0.05, 0) is 54.7 Å². The summed E-state index contributed by atoms with van der Waals surface area (Å²) in [5, 5.41) is 3.58. The maximum absolute atomic E-state index is 13.2. The third kappa shape index (κ3) is 6.17. The molecule has 0 bridgehead atoms. The quantitative estimate of drug-likeness (QED) is 0.319. The van der Waals surface area contributed by atoms with Crippen molar-refractivity contribution in [2.45, 2.75) is 72.6 Å². The summed E-state index contributed by atoms with van der Waals surface area (Å²) in [4.78, 5) is 27.1. The number of anilines is 1. The Labute approximate surface area is 201 Å². The van der Waals surface area contributed by atoms with E-state index >= 15 is 0 Å². The zero-order valence-electron chi connectivity index (χ0n) is 20.6. The SMILES string of the molecule is CCCCCCOc1ccccc1C(=O)Nc1sc2c(c1C(=O)OC)CCC(C(C)(C)C)C2. The lowest BCUT2D eigenvalue weighted by Crippen LogP contribution is -2.26. The van der Waals surface area contributed by atoms with Crippen molar-refractivity contribution in [3.05, 3.63) is 45.8 Å². The Hall–Kier alpha value is -2.34. The number of carbonyl (C=O) groups is 2. The van der Waals surface area contributed by atoms with Crippen LogP contribution >= 0.6 is 11.3 Å². The molecule has 6 heteroatoms. The van der Waals surface area contributed by atoms with Crippen LogP contribution < -0.4 is 10.1 Å². The predicted octanol–water partition coefficient (Wildman–Crippen LogP) is 6.90. The van der Waals surface area contributed by atoms with Crippen molar-refractivity contribution in [2.24, 2.45) is 11.3 Å². The van der Waals surface area contributed by atoms with Gasteiger partial charge >= 0.3 is 5.97 Å². The summed E-state index contributed by atoms with van der Waals surface area (Å²) in [6, 6.07) is 7.28. The van der Waals surface area contributed by atoms with E-state index in [1.807, 2.05) is 18.2 Å². The normalized spacial score (nSPS) is 15.6. The molecule has 1 amide bonds. The summed E-state index contributed by atoms with van der Waals surface area (Å²) >= 11 is 1.51. The van der Waals surface area contributed by atoms with E-state index in [-0.39, 0.29) is 11.3 Å². The Morgan fingerprint density at radius 1 is 1.15 bits per heavy atom. The molecule has 1 aromatic carbocycles. The molecular formula is C27H37NO4S. The highest BCUT2D eigenvalue weighted by atomic mass is 32.1. The van der Waals surface area contributed by atoms with Crippen molar-refractivity contribution in [2.75, 3.05) is 19.0 Å². The van der Waals surface area contributed by atoms with E-state index in [0.29, 0.717) is 34.4 Å². The van der Waals surface area contributed by atoms with Gasteiger partial charge in [-0.25, -0.2) is 4.79 Å². The van der Waals surface area contributed by atoms with Crippen LogP contribution in [0.25, 0.3) is 0 Å². The number of hydrogen-bond donors (Lipinski definition) is 1. The Balaban J connectivity index is 1.82. The molecule has 2 aromatic rings. The molecule has 0 spiro atoms. The molecule has 1 aromatic heterocycles. The number of rotatable bonds is 9. The minimum absolute atomic E-state index is 0.198. The van der Waals surface area contributed by atoms with Crippen molar-refractivity contribution < 1.29 is 19.1 Å². The van der Waals surface area contributed by atoms with Gasteiger partial charge in [0.25, 0.3) is 5.91 Å². The Kier molecular flexibility index (Phi) is 8.57. The number of ether oxygens (including phenoxy) is 2. The summed E-state index contributed by atoms with van der Waals surface area (Å²) in [5.41, 5.74) is 2.21. The number of unbranched alkanes of at least 4 members (excludes halogenated alkanes) is 3. The van der Waals surface area contributed by atoms with Crippen LogP contribution in [-0.2, 0) is 17.6 Å². The first-order valence-electron chi connectivity index (χ1n) is 12.0. The Morgan fingerprint density at radius 3 is 2.61 bits per heavy atom. The van der Waals surface area contributed by atoms with Crippen molar-refractivity contribution in [1.82, 2.24) is 0 Å². The predicted molar refractivity (Wildman–Crippen MR) is 135 cm³/mol. The molecular weight excluding hydrogens is 434 g/mol. The number of para-hydroxylation sites is 1. The molecule has 0 fully saturated rings. The van der Waals surface area contributed by atoms with Gasteiger partial charge in [-0.15, -0.1) is 11.3 Å². The van der Waals surface area contributed by atoms with Gasteiger partial charge in [-0.2, -0.15) is 0 Å². The highest BCUT2D eigenvalue weighted by molar-refractivity contribution is 7.17. The molecule has 180 valence electrons. The first-order valence-corrected chi connectivity index (χ1v) is 12.8. The summed E-state index contributed by atoms with van der Waals surface area (Å²) in [7, 11) is 1.39. The fourth-order valence-electron chi connectivity index (χ4n) is 4.39. The monoisotopic (exact) mass is 471 g/mol. The number of nitrogens with one attached hydrogen (secondary N) is 1. The summed E-state index contributed by atoms with van der Waals surface area (Å²) < 4.78 is 11.0. The average molecular weight is 472 g/mol. The zero-order valence-corrected chi connectivity index (χ0v) is 21.4. The lowest BCUT2D eigenvalue weighted by atomic mass is 9.72. The maximum Gasteiger partial charge on any atom is 0.341 e. The van der Waals surface area contributed by atoms with Crippen LogP contribution in [0, 0.1) is 11.3 Å². The molecule has 0 radical (unpaired) electrons. The van der Waals surface area contributed by atoms with Crippen molar-refractivity contribution in [3.63, 3.8) is 0 Å². The molecule has 1 unspecified atom stereocenters. The molecule has 0 saturated carbocycles. The first kappa shape index (κ1) is 25.3. The molecule has 1 heterocycles. The topological polar surface area (TPSA) is 64.6 Å². The largest absolute Gasteiger partial charge is 0.493 e. The minimum atomic E-state index is -0.391. The van der Waals surface area contributed by atoms with Crippen molar-refractivity contribution in [1.29, 1.82) is 0 Å². The van der Waals surface area contributed by atoms with Crippen LogP contribution in [0.4, 0.5) is 5.00 Å². The van der Waals surface area contributed by atoms with Crippen LogP contribution in [0.3, 0.4) is 0 Å². The molecule has 5 nitrogen and oxygen atoms in total. The standard InChI is InChI=1S/C27H37NO4S/c1-6-7-8-11-16-32-21-13-10-9-12-19(21)24(29)28-25-23(26(30)31-5)20-15-14-18(27(2,3)4)17-22(20)33-25/h9-10,12-13,18H,6-8,11,14-17H2,1-5H3,(H,28,29).